The molecule has 2 rings (SSSR count). The minimum atomic E-state index is -0.467. The lowest BCUT2D eigenvalue weighted by atomic mass is 10.0. The van der Waals surface area contributed by atoms with E-state index in [1.807, 2.05) is 82.3 Å². The molecule has 1 unspecified atom stereocenters. The molecule has 0 radical (unpaired) electrons. The third kappa shape index (κ3) is 6.22. The Hall–Kier alpha value is -2.62. The molecular weight excluding hydrogens is 348 g/mol. The average molecular weight is 381 g/mol. The highest BCUT2D eigenvalue weighted by molar-refractivity contribution is 5.87. The van der Waals surface area contributed by atoms with Gasteiger partial charge in [-0.1, -0.05) is 61.5 Å². The highest BCUT2D eigenvalue weighted by Crippen LogP contribution is 2.17. The van der Waals surface area contributed by atoms with Crippen LogP contribution in [0.2, 0.25) is 0 Å². The molecule has 2 aromatic carbocycles. The Morgan fingerprint density at radius 2 is 1.64 bits per heavy atom. The predicted molar refractivity (Wildman–Crippen MR) is 114 cm³/mol. The van der Waals surface area contributed by atoms with Gasteiger partial charge in [-0.25, -0.2) is 0 Å². The van der Waals surface area contributed by atoms with E-state index in [9.17, 15) is 9.59 Å². The smallest absolute Gasteiger partial charge is 0.243 e. The maximum atomic E-state index is 13.2. The highest BCUT2D eigenvalue weighted by atomic mass is 16.2. The van der Waals surface area contributed by atoms with Crippen molar-refractivity contribution in [2.75, 3.05) is 0 Å². The number of amides is 2. The van der Waals surface area contributed by atoms with Crippen molar-refractivity contribution in [2.24, 2.45) is 0 Å². The molecule has 0 saturated heterocycles. The third-order valence-electron chi connectivity index (χ3n) is 4.89. The van der Waals surface area contributed by atoms with Crippen LogP contribution >= 0.6 is 0 Å². The first-order chi connectivity index (χ1) is 13.4. The van der Waals surface area contributed by atoms with Crippen LogP contribution in [0.4, 0.5) is 0 Å². The molecule has 4 nitrogen and oxygen atoms in total. The van der Waals surface area contributed by atoms with Crippen LogP contribution in [0.25, 0.3) is 0 Å². The van der Waals surface area contributed by atoms with Gasteiger partial charge in [0.15, 0.2) is 0 Å². The van der Waals surface area contributed by atoms with Crippen molar-refractivity contribution in [3.63, 3.8) is 0 Å². The summed E-state index contributed by atoms with van der Waals surface area (Å²) in [5.41, 5.74) is 3.33. The summed E-state index contributed by atoms with van der Waals surface area (Å²) in [5, 5.41) is 2.97. The molecule has 2 aromatic rings. The first-order valence-electron chi connectivity index (χ1n) is 10.1. The van der Waals surface area contributed by atoms with E-state index >= 15 is 0 Å². The van der Waals surface area contributed by atoms with E-state index in [1.165, 1.54) is 0 Å². The highest BCUT2D eigenvalue weighted by Gasteiger charge is 2.28. The summed E-state index contributed by atoms with van der Waals surface area (Å²) >= 11 is 0. The number of aryl methyl sites for hydroxylation is 2. The molecule has 0 spiro atoms. The number of benzene rings is 2. The van der Waals surface area contributed by atoms with Gasteiger partial charge in [-0.3, -0.25) is 9.59 Å². The molecule has 1 N–H and O–H groups in total. The molecule has 0 saturated carbocycles. The van der Waals surface area contributed by atoms with Gasteiger partial charge < -0.3 is 10.2 Å². The van der Waals surface area contributed by atoms with Gasteiger partial charge in [0.2, 0.25) is 11.8 Å². The molecule has 2 amide bonds. The van der Waals surface area contributed by atoms with E-state index in [4.69, 9.17) is 0 Å². The Morgan fingerprint density at radius 1 is 1.00 bits per heavy atom. The maximum absolute atomic E-state index is 13.2. The number of carbonyl (C=O) groups is 2. The Morgan fingerprint density at radius 3 is 2.25 bits per heavy atom. The lowest BCUT2D eigenvalue weighted by Gasteiger charge is -2.31. The van der Waals surface area contributed by atoms with Crippen molar-refractivity contribution < 1.29 is 9.59 Å². The van der Waals surface area contributed by atoms with Crippen LogP contribution in [-0.4, -0.2) is 28.8 Å². The first kappa shape index (κ1) is 21.7. The molecule has 0 aromatic heterocycles. The van der Waals surface area contributed by atoms with Crippen LogP contribution in [0.3, 0.4) is 0 Å². The molecule has 0 aliphatic carbocycles. The third-order valence-corrected chi connectivity index (χ3v) is 4.89. The van der Waals surface area contributed by atoms with Crippen molar-refractivity contribution in [3.05, 3.63) is 71.3 Å². The lowest BCUT2D eigenvalue weighted by Crippen LogP contribution is -2.50. The molecule has 1 atom stereocenters. The molecule has 0 aliphatic heterocycles. The van der Waals surface area contributed by atoms with Crippen LogP contribution in [0.15, 0.2) is 54.6 Å². The number of hydrogen-bond donors (Lipinski definition) is 1. The van der Waals surface area contributed by atoms with Gasteiger partial charge in [-0.05, 0) is 50.3 Å². The SMILES string of the molecule is CCC(C(=O)NC(C)C)N(Cc1ccccc1C)C(=O)CCc1ccccc1. The van der Waals surface area contributed by atoms with Gasteiger partial charge in [0.25, 0.3) is 0 Å². The largest absolute Gasteiger partial charge is 0.352 e. The Bertz CT molecular complexity index is 771. The van der Waals surface area contributed by atoms with E-state index < -0.39 is 6.04 Å². The van der Waals surface area contributed by atoms with Crippen LogP contribution < -0.4 is 5.32 Å². The van der Waals surface area contributed by atoms with Crippen molar-refractivity contribution in [1.29, 1.82) is 0 Å². The van der Waals surface area contributed by atoms with Gasteiger partial charge in [-0.2, -0.15) is 0 Å². The Labute approximate surface area is 169 Å². The molecule has 0 aliphatic rings. The van der Waals surface area contributed by atoms with Crippen LogP contribution in [-0.2, 0) is 22.6 Å². The molecule has 0 fully saturated rings. The number of nitrogens with zero attached hydrogens (tertiary/aromatic N) is 1. The fraction of sp³-hybridized carbons (Fsp3) is 0.417. The first-order valence-corrected chi connectivity index (χ1v) is 10.1. The molecule has 150 valence electrons. The second-order valence-corrected chi connectivity index (χ2v) is 7.52. The topological polar surface area (TPSA) is 49.4 Å². The van der Waals surface area contributed by atoms with Crippen molar-refractivity contribution in [3.8, 4) is 0 Å². The van der Waals surface area contributed by atoms with Crippen LogP contribution in [0, 0.1) is 6.92 Å². The number of hydrogen-bond acceptors (Lipinski definition) is 2. The summed E-state index contributed by atoms with van der Waals surface area (Å²) in [6.07, 6.45) is 1.65. The lowest BCUT2D eigenvalue weighted by molar-refractivity contribution is -0.141. The minimum absolute atomic E-state index is 0.0119. The van der Waals surface area contributed by atoms with Gasteiger partial charge in [0, 0.05) is 19.0 Å². The van der Waals surface area contributed by atoms with E-state index in [-0.39, 0.29) is 17.9 Å². The molecule has 0 bridgehead atoms. The zero-order valence-electron chi connectivity index (χ0n) is 17.4. The summed E-state index contributed by atoms with van der Waals surface area (Å²) in [6, 6.07) is 17.6. The summed E-state index contributed by atoms with van der Waals surface area (Å²) < 4.78 is 0. The monoisotopic (exact) mass is 380 g/mol. The van der Waals surface area contributed by atoms with E-state index in [2.05, 4.69) is 5.32 Å². The van der Waals surface area contributed by atoms with Gasteiger partial charge in [0.05, 0.1) is 0 Å². The number of nitrogens with one attached hydrogen (secondary N) is 1. The maximum Gasteiger partial charge on any atom is 0.243 e. The quantitative estimate of drug-likeness (QED) is 0.707. The second kappa shape index (κ2) is 10.6. The predicted octanol–water partition coefficient (Wildman–Crippen LogP) is 4.26. The summed E-state index contributed by atoms with van der Waals surface area (Å²) in [6.45, 7) is 8.32. The van der Waals surface area contributed by atoms with Crippen LogP contribution in [0.5, 0.6) is 0 Å². The average Bonchev–Trinajstić information content (AvgIpc) is 2.67. The molecule has 4 heteroatoms. The van der Waals surface area contributed by atoms with Gasteiger partial charge in [0.1, 0.15) is 6.04 Å². The number of rotatable bonds is 9. The number of carbonyl (C=O) groups excluding carboxylic acids is 2. The molecule has 0 heterocycles. The summed E-state index contributed by atoms with van der Waals surface area (Å²) in [4.78, 5) is 27.7. The fourth-order valence-corrected chi connectivity index (χ4v) is 3.31. The van der Waals surface area contributed by atoms with E-state index in [0.29, 0.717) is 25.8 Å². The fourth-order valence-electron chi connectivity index (χ4n) is 3.31. The van der Waals surface area contributed by atoms with E-state index in [0.717, 1.165) is 16.7 Å². The standard InChI is InChI=1S/C24H32N2O2/c1-5-22(24(28)25-18(2)3)26(17-21-14-10-9-11-19(21)4)23(27)16-15-20-12-7-6-8-13-20/h6-14,18,22H,5,15-17H2,1-4H3,(H,25,28). The van der Waals surface area contributed by atoms with Crippen molar-refractivity contribution in [1.82, 2.24) is 10.2 Å². The zero-order chi connectivity index (χ0) is 20.5. The Balaban J connectivity index is 2.22. The normalized spacial score (nSPS) is 11.9. The molecule has 28 heavy (non-hydrogen) atoms. The summed E-state index contributed by atoms with van der Waals surface area (Å²) in [7, 11) is 0. The minimum Gasteiger partial charge on any atom is -0.352 e. The van der Waals surface area contributed by atoms with Gasteiger partial charge >= 0.3 is 0 Å². The van der Waals surface area contributed by atoms with Crippen LogP contribution in [0.1, 0.15) is 50.3 Å². The molecular formula is C24H32N2O2. The Kier molecular flexibility index (Phi) is 8.24. The van der Waals surface area contributed by atoms with Crippen molar-refractivity contribution in [2.45, 2.75) is 65.6 Å². The second-order valence-electron chi connectivity index (χ2n) is 7.52. The van der Waals surface area contributed by atoms with Gasteiger partial charge in [-0.15, -0.1) is 0 Å². The van der Waals surface area contributed by atoms with Crippen molar-refractivity contribution >= 4 is 11.8 Å². The van der Waals surface area contributed by atoms with E-state index in [1.54, 1.807) is 4.90 Å². The summed E-state index contributed by atoms with van der Waals surface area (Å²) in [5.74, 6) is -0.0722. The zero-order valence-corrected chi connectivity index (χ0v) is 17.4.